The van der Waals surface area contributed by atoms with E-state index in [0.717, 1.165) is 13.0 Å². The van der Waals surface area contributed by atoms with Crippen LogP contribution in [-0.2, 0) is 6.54 Å². The summed E-state index contributed by atoms with van der Waals surface area (Å²) in [5, 5.41) is 14.3. The third kappa shape index (κ3) is 2.59. The maximum atomic E-state index is 13.4. The molecule has 1 unspecified atom stereocenters. The molecule has 3 nitrogen and oxygen atoms in total. The van der Waals surface area contributed by atoms with Crippen molar-refractivity contribution >= 4 is 0 Å². The van der Waals surface area contributed by atoms with E-state index >= 15 is 0 Å². The average Bonchev–Trinajstić information content (AvgIpc) is 2.81. The van der Waals surface area contributed by atoms with Gasteiger partial charge in [0.1, 0.15) is 11.9 Å². The smallest absolute Gasteiger partial charge is 0.126 e. The van der Waals surface area contributed by atoms with Gasteiger partial charge in [-0.15, -0.1) is 0 Å². The number of nitrogens with zero attached hydrogens (tertiary/aromatic N) is 2. The van der Waals surface area contributed by atoms with E-state index in [1.165, 1.54) is 6.07 Å². The molecule has 1 aromatic heterocycles. The van der Waals surface area contributed by atoms with E-state index in [4.69, 9.17) is 0 Å². The van der Waals surface area contributed by atoms with E-state index in [-0.39, 0.29) is 5.82 Å². The first kappa shape index (κ1) is 12.8. The molecule has 1 aromatic carbocycles. The summed E-state index contributed by atoms with van der Waals surface area (Å²) in [6, 6.07) is 4.78. The third-order valence-electron chi connectivity index (χ3n) is 2.93. The lowest BCUT2D eigenvalue weighted by atomic mass is 10.0. The molecule has 0 aliphatic carbocycles. The van der Waals surface area contributed by atoms with E-state index in [2.05, 4.69) is 12.0 Å². The second kappa shape index (κ2) is 5.31. The highest BCUT2D eigenvalue weighted by Gasteiger charge is 2.13. The Kier molecular flexibility index (Phi) is 3.77. The van der Waals surface area contributed by atoms with Crippen LogP contribution in [0.3, 0.4) is 0 Å². The van der Waals surface area contributed by atoms with Crippen LogP contribution in [0.5, 0.6) is 0 Å². The topological polar surface area (TPSA) is 38.0 Å². The van der Waals surface area contributed by atoms with Crippen molar-refractivity contribution in [3.8, 4) is 0 Å². The second-order valence-electron chi connectivity index (χ2n) is 4.45. The molecule has 0 amide bonds. The largest absolute Gasteiger partial charge is 0.384 e. The summed E-state index contributed by atoms with van der Waals surface area (Å²) in [4.78, 5) is 0. The van der Waals surface area contributed by atoms with Gasteiger partial charge in [-0.25, -0.2) is 4.39 Å². The van der Waals surface area contributed by atoms with Crippen molar-refractivity contribution in [3.63, 3.8) is 0 Å². The number of aromatic nitrogens is 2. The summed E-state index contributed by atoms with van der Waals surface area (Å²) in [7, 11) is 0. The van der Waals surface area contributed by atoms with Gasteiger partial charge in [0.2, 0.25) is 0 Å². The molecule has 1 atom stereocenters. The normalized spacial score (nSPS) is 12.7. The van der Waals surface area contributed by atoms with Crippen molar-refractivity contribution in [2.24, 2.45) is 0 Å². The van der Waals surface area contributed by atoms with Gasteiger partial charge in [0.05, 0.1) is 6.20 Å². The minimum atomic E-state index is -0.828. The third-order valence-corrected chi connectivity index (χ3v) is 2.93. The molecule has 0 saturated carbocycles. The van der Waals surface area contributed by atoms with E-state index < -0.39 is 6.10 Å². The van der Waals surface area contributed by atoms with Gasteiger partial charge < -0.3 is 5.11 Å². The number of aryl methyl sites for hydroxylation is 2. The Morgan fingerprint density at radius 2 is 2.17 bits per heavy atom. The molecular weight excluding hydrogens is 231 g/mol. The molecule has 1 heterocycles. The van der Waals surface area contributed by atoms with Gasteiger partial charge >= 0.3 is 0 Å². The van der Waals surface area contributed by atoms with Crippen LogP contribution in [0.15, 0.2) is 30.6 Å². The van der Waals surface area contributed by atoms with E-state index in [1.54, 1.807) is 36.1 Å². The molecule has 0 saturated heterocycles. The summed E-state index contributed by atoms with van der Waals surface area (Å²) in [6.45, 7) is 4.58. The molecule has 0 aliphatic rings. The van der Waals surface area contributed by atoms with Crippen LogP contribution in [0.1, 0.15) is 36.1 Å². The molecule has 0 spiro atoms. The van der Waals surface area contributed by atoms with Crippen molar-refractivity contribution in [2.45, 2.75) is 32.9 Å². The van der Waals surface area contributed by atoms with Gasteiger partial charge in [0.15, 0.2) is 0 Å². The monoisotopic (exact) mass is 248 g/mol. The minimum Gasteiger partial charge on any atom is -0.384 e. The van der Waals surface area contributed by atoms with Crippen LogP contribution in [0.4, 0.5) is 4.39 Å². The Labute approximate surface area is 106 Å². The maximum absolute atomic E-state index is 13.4. The molecule has 2 rings (SSSR count). The molecule has 1 N–H and O–H groups in total. The summed E-state index contributed by atoms with van der Waals surface area (Å²) in [5.41, 5.74) is 1.81. The van der Waals surface area contributed by atoms with Crippen LogP contribution in [0, 0.1) is 12.7 Å². The first-order valence-electron chi connectivity index (χ1n) is 6.08. The first-order valence-corrected chi connectivity index (χ1v) is 6.08. The standard InChI is InChI=1S/C14H17FN2O/c1-3-6-17-9-12(8-16-17)14(18)11-5-4-10(2)13(15)7-11/h4-5,7-9,14,18H,3,6H2,1-2H3. The van der Waals surface area contributed by atoms with Crippen molar-refractivity contribution in [1.29, 1.82) is 0 Å². The highest BCUT2D eigenvalue weighted by atomic mass is 19.1. The second-order valence-corrected chi connectivity index (χ2v) is 4.45. The van der Waals surface area contributed by atoms with Crippen molar-refractivity contribution in [3.05, 3.63) is 53.1 Å². The fraction of sp³-hybridized carbons (Fsp3) is 0.357. The van der Waals surface area contributed by atoms with Gasteiger partial charge in [-0.3, -0.25) is 4.68 Å². The molecule has 18 heavy (non-hydrogen) atoms. The highest BCUT2D eigenvalue weighted by molar-refractivity contribution is 5.30. The van der Waals surface area contributed by atoms with Crippen LogP contribution in [0.2, 0.25) is 0 Å². The molecule has 0 bridgehead atoms. The Bertz CT molecular complexity index is 536. The number of rotatable bonds is 4. The number of benzene rings is 1. The van der Waals surface area contributed by atoms with Crippen LogP contribution in [0.25, 0.3) is 0 Å². The van der Waals surface area contributed by atoms with Crippen LogP contribution < -0.4 is 0 Å². The zero-order chi connectivity index (χ0) is 13.1. The molecular formula is C14H17FN2O. The summed E-state index contributed by atoms with van der Waals surface area (Å²) in [5.74, 6) is -0.299. The molecule has 0 aliphatic heterocycles. The van der Waals surface area contributed by atoms with Crippen molar-refractivity contribution in [2.75, 3.05) is 0 Å². The zero-order valence-corrected chi connectivity index (χ0v) is 10.6. The predicted molar refractivity (Wildman–Crippen MR) is 67.7 cm³/mol. The van der Waals surface area contributed by atoms with Crippen LogP contribution >= 0.6 is 0 Å². The summed E-state index contributed by atoms with van der Waals surface area (Å²) in [6.07, 6.45) is 3.58. The molecule has 2 aromatic rings. The number of aliphatic hydroxyl groups excluding tert-OH is 1. The zero-order valence-electron chi connectivity index (χ0n) is 10.6. The van der Waals surface area contributed by atoms with Crippen LogP contribution in [-0.4, -0.2) is 14.9 Å². The fourth-order valence-electron chi connectivity index (χ4n) is 1.84. The summed E-state index contributed by atoms with van der Waals surface area (Å²) >= 11 is 0. The molecule has 0 fully saturated rings. The Morgan fingerprint density at radius 3 is 2.83 bits per heavy atom. The van der Waals surface area contributed by atoms with Gasteiger partial charge in [0.25, 0.3) is 0 Å². The lowest BCUT2D eigenvalue weighted by Gasteiger charge is -2.09. The number of halogens is 1. The molecule has 96 valence electrons. The van der Waals surface area contributed by atoms with Gasteiger partial charge in [-0.05, 0) is 30.5 Å². The maximum Gasteiger partial charge on any atom is 0.126 e. The fourth-order valence-corrected chi connectivity index (χ4v) is 1.84. The predicted octanol–water partition coefficient (Wildman–Crippen LogP) is 2.82. The van der Waals surface area contributed by atoms with Gasteiger partial charge in [0, 0.05) is 18.3 Å². The van der Waals surface area contributed by atoms with E-state index in [1.807, 2.05) is 0 Å². The number of hydrogen-bond donors (Lipinski definition) is 1. The lowest BCUT2D eigenvalue weighted by Crippen LogP contribution is -2.00. The Morgan fingerprint density at radius 1 is 1.39 bits per heavy atom. The number of hydrogen-bond acceptors (Lipinski definition) is 2. The quantitative estimate of drug-likeness (QED) is 0.903. The Hall–Kier alpha value is -1.68. The van der Waals surface area contributed by atoms with Crippen molar-refractivity contribution < 1.29 is 9.50 Å². The SMILES string of the molecule is CCCn1cc(C(O)c2ccc(C)c(F)c2)cn1. The van der Waals surface area contributed by atoms with Gasteiger partial charge in [-0.1, -0.05) is 19.1 Å². The summed E-state index contributed by atoms with van der Waals surface area (Å²) < 4.78 is 15.2. The molecule has 4 heteroatoms. The van der Waals surface area contributed by atoms with Gasteiger partial charge in [-0.2, -0.15) is 5.10 Å². The lowest BCUT2D eigenvalue weighted by molar-refractivity contribution is 0.219. The highest BCUT2D eigenvalue weighted by Crippen LogP contribution is 2.23. The average molecular weight is 248 g/mol. The van der Waals surface area contributed by atoms with E-state index in [9.17, 15) is 9.50 Å². The first-order chi connectivity index (χ1) is 8.61. The van der Waals surface area contributed by atoms with Crippen molar-refractivity contribution in [1.82, 2.24) is 9.78 Å². The molecule has 0 radical (unpaired) electrons. The van der Waals surface area contributed by atoms with E-state index in [0.29, 0.717) is 16.7 Å². The minimum absolute atomic E-state index is 0.299. The number of aliphatic hydroxyl groups is 1. The Balaban J connectivity index is 2.23.